The van der Waals surface area contributed by atoms with E-state index in [1.165, 1.54) is 33.4 Å². The number of hydrogen-bond acceptors (Lipinski definition) is 4. The zero-order valence-corrected chi connectivity index (χ0v) is 66.1. The molecule has 4 aliphatic heterocycles. The van der Waals surface area contributed by atoms with Crippen molar-refractivity contribution in [3.05, 3.63) is 471 Å². The van der Waals surface area contributed by atoms with E-state index in [-0.39, 0.29) is 0 Å². The molecular weight excluding hydrogens is 1460 g/mol. The van der Waals surface area contributed by atoms with Crippen LogP contribution in [0.15, 0.2) is 449 Å². The summed E-state index contributed by atoms with van der Waals surface area (Å²) in [5.41, 5.74) is 38.8. The van der Waals surface area contributed by atoms with Gasteiger partial charge < -0.3 is 19.3 Å². The van der Waals surface area contributed by atoms with Crippen molar-refractivity contribution in [2.45, 2.75) is 5.41 Å². The summed E-state index contributed by atoms with van der Waals surface area (Å²) in [6, 6.07) is 167. The lowest BCUT2D eigenvalue weighted by molar-refractivity contribution is 0.468. The molecule has 0 radical (unpaired) electrons. The normalized spacial score (nSPS) is 13.1. The Balaban J connectivity index is 0.860. The lowest BCUT2D eigenvalue weighted by Crippen LogP contribution is -2.65. The van der Waals surface area contributed by atoms with Gasteiger partial charge in [0.15, 0.2) is 0 Å². The van der Waals surface area contributed by atoms with Crippen LogP contribution in [0.2, 0.25) is 0 Å². The van der Waals surface area contributed by atoms with Crippen molar-refractivity contribution in [2.75, 3.05) is 9.80 Å². The van der Waals surface area contributed by atoms with E-state index in [9.17, 15) is 0 Å². The highest BCUT2D eigenvalue weighted by molar-refractivity contribution is 7.03. The zero-order valence-electron chi connectivity index (χ0n) is 66.1. The number of nitrogens with zero attached hydrogens (tertiary/aromatic N) is 2. The number of fused-ring (bicyclic) bond motifs is 12. The molecule has 0 fully saturated rings. The van der Waals surface area contributed by atoms with E-state index in [0.29, 0.717) is 0 Å². The zero-order chi connectivity index (χ0) is 79.6. The largest absolute Gasteiger partial charge is 0.459 e. The molecule has 0 spiro atoms. The first-order valence-electron chi connectivity index (χ1n) is 41.9. The summed E-state index contributed by atoms with van der Waals surface area (Å²) in [7, 11) is 0. The molecule has 0 saturated heterocycles. The van der Waals surface area contributed by atoms with Crippen LogP contribution >= 0.6 is 0 Å². The van der Waals surface area contributed by atoms with Crippen LogP contribution in [0, 0.1) is 0 Å². The second-order valence-electron chi connectivity index (χ2n) is 32.3. The summed E-state index contributed by atoms with van der Waals surface area (Å²) >= 11 is 0. The summed E-state index contributed by atoms with van der Waals surface area (Å²) in [5, 5.41) is 0. The van der Waals surface area contributed by atoms with Crippen molar-refractivity contribution in [2.24, 2.45) is 0 Å². The molecule has 0 saturated carbocycles. The first-order valence-corrected chi connectivity index (χ1v) is 41.9. The van der Waals surface area contributed by atoms with E-state index in [4.69, 9.17) is 9.47 Å². The van der Waals surface area contributed by atoms with Gasteiger partial charge in [0, 0.05) is 62.1 Å². The fourth-order valence-electron chi connectivity index (χ4n) is 20.7. The highest BCUT2D eigenvalue weighted by Crippen LogP contribution is 2.61. The Morgan fingerprint density at radius 2 is 0.562 bits per heavy atom. The summed E-state index contributed by atoms with van der Waals surface area (Å²) in [4.78, 5) is 5.29. The van der Waals surface area contributed by atoms with Gasteiger partial charge in [0.05, 0.1) is 16.8 Å². The van der Waals surface area contributed by atoms with Crippen LogP contribution in [0.1, 0.15) is 22.3 Å². The van der Waals surface area contributed by atoms with Crippen molar-refractivity contribution >= 4 is 80.3 Å². The third kappa shape index (κ3) is 11.0. The molecule has 0 N–H and O–H groups in total. The van der Waals surface area contributed by atoms with E-state index in [0.717, 1.165) is 190 Å². The van der Waals surface area contributed by atoms with Crippen LogP contribution in [-0.2, 0) is 5.41 Å². The third-order valence-electron chi connectivity index (χ3n) is 25.8. The molecule has 0 aromatic heterocycles. The Labute approximate surface area is 705 Å². The minimum absolute atomic E-state index is 0.442. The number of anilines is 6. The van der Waals surface area contributed by atoms with E-state index in [1.54, 1.807) is 0 Å². The molecular formula is C115H74B2N2O2. The molecule has 121 heavy (non-hydrogen) atoms. The Morgan fingerprint density at radius 3 is 1.07 bits per heavy atom. The smallest absolute Gasteiger partial charge is 0.260 e. The predicted molar refractivity (Wildman–Crippen MR) is 504 cm³/mol. The maximum atomic E-state index is 8.47. The second-order valence-corrected chi connectivity index (χ2v) is 32.3. The highest BCUT2D eigenvalue weighted by atomic mass is 16.5. The van der Waals surface area contributed by atoms with Crippen molar-refractivity contribution < 1.29 is 9.47 Å². The first kappa shape index (κ1) is 69.8. The lowest BCUT2D eigenvalue weighted by Gasteiger charge is -2.47. The number of rotatable bonds is 13. The molecule has 562 valence electrons. The molecule has 19 aromatic carbocycles. The van der Waals surface area contributed by atoms with Gasteiger partial charge in [-0.2, -0.15) is 0 Å². The predicted octanol–water partition coefficient (Wildman–Crippen LogP) is 25.9. The van der Waals surface area contributed by atoms with Crippen molar-refractivity contribution in [3.63, 3.8) is 0 Å². The fraction of sp³-hybridized carbons (Fsp3) is 0.00870. The summed E-state index contributed by atoms with van der Waals surface area (Å²) < 4.78 is 16.8. The SMILES string of the molecule is c1ccc(-c2ccc3c(c2)B2c4cc(-c5ccccc5)cc(-c5cccc6c5-c5ccccc5C6(c5ccccc5)c5ccccc5)c4Oc4cc5c(c(c42)O3)B2c3ccc(-c4ccccc4)cc3N(c3c(-c4ccccc4)cccc3-c3ccccc3)c3cc(-c4ccccc4)cc(c32)N5c2c(-c3ccccc3)cccc2-c2ccccc2)cc1. The fourth-order valence-corrected chi connectivity index (χ4v) is 20.7. The number of hydrogen-bond donors (Lipinski definition) is 0. The van der Waals surface area contributed by atoms with Crippen LogP contribution in [0.4, 0.5) is 34.1 Å². The van der Waals surface area contributed by atoms with Crippen molar-refractivity contribution in [1.29, 1.82) is 0 Å². The van der Waals surface area contributed by atoms with Gasteiger partial charge in [-0.3, -0.25) is 0 Å². The molecule has 1 aliphatic carbocycles. The van der Waals surface area contributed by atoms with E-state index < -0.39 is 18.8 Å². The quantitative estimate of drug-likeness (QED) is 0.107. The molecule has 5 aliphatic rings. The minimum atomic E-state index is -0.668. The monoisotopic (exact) mass is 1540 g/mol. The van der Waals surface area contributed by atoms with Crippen molar-refractivity contribution in [1.82, 2.24) is 0 Å². The summed E-state index contributed by atoms with van der Waals surface area (Å²) in [6.07, 6.45) is 0. The van der Waals surface area contributed by atoms with Gasteiger partial charge in [0.2, 0.25) is 0 Å². The van der Waals surface area contributed by atoms with Crippen molar-refractivity contribution in [3.8, 4) is 134 Å². The minimum Gasteiger partial charge on any atom is -0.459 e. The Bertz CT molecular complexity index is 7150. The van der Waals surface area contributed by atoms with E-state index in [1.807, 2.05) is 0 Å². The topological polar surface area (TPSA) is 24.9 Å². The lowest BCUT2D eigenvalue weighted by atomic mass is 9.30. The first-order chi connectivity index (χ1) is 60.1. The molecule has 6 heteroatoms. The molecule has 4 nitrogen and oxygen atoms in total. The standard InChI is InChI=1S/C115H74B2N2O2/c1-11-36-75(37-12-1)83-65-67-105-99(69-83)116-100-70-85(77-40-15-3-16-41-77)68-95(93-61-35-63-97-107(93)94-56-31-32-62-96(94)115(97,87-52-27-9-28-53-87)88-54-29-10-30-55-88)113(100)121-106-74-104-109(114(120-105)110(106)116)117-98-66-64-84(76-38-13-2-14-39-76)71-101(98)118(111-89(79-44-19-5-20-45-79)57-33-58-90(111)80-46-21-6-22-47-80)102-72-86(78-42-17-4-18-43-78)73-103(108(102)117)119(104)112-91(81-48-23-7-24-49-81)59-34-60-92(112)82-50-25-8-26-51-82/h1-74H. The third-order valence-corrected chi connectivity index (χ3v) is 25.8. The Kier molecular flexibility index (Phi) is 16.4. The number of ether oxygens (including phenoxy) is 2. The Morgan fingerprint density at radius 1 is 0.198 bits per heavy atom. The van der Waals surface area contributed by atoms with Gasteiger partial charge in [-0.25, -0.2) is 0 Å². The van der Waals surface area contributed by atoms with Gasteiger partial charge in [-0.1, -0.05) is 413 Å². The average Bonchev–Trinajstić information content (AvgIpc) is 1.16. The maximum Gasteiger partial charge on any atom is 0.260 e. The number of para-hydroxylation sites is 2. The van der Waals surface area contributed by atoms with Crippen LogP contribution in [0.3, 0.4) is 0 Å². The molecule has 0 bridgehead atoms. The van der Waals surface area contributed by atoms with Gasteiger partial charge in [-0.05, 0) is 163 Å². The molecule has 24 rings (SSSR count). The Hall–Kier alpha value is -15.5. The molecule has 4 heterocycles. The second kappa shape index (κ2) is 28.4. The molecule has 19 aromatic rings. The average molecular weight is 1540 g/mol. The van der Waals surface area contributed by atoms with Gasteiger partial charge in [0.1, 0.15) is 23.0 Å². The summed E-state index contributed by atoms with van der Waals surface area (Å²) in [6.45, 7) is -0.909. The summed E-state index contributed by atoms with van der Waals surface area (Å²) in [5.74, 6) is 3.08. The molecule has 0 atom stereocenters. The molecule has 0 unspecified atom stereocenters. The van der Waals surface area contributed by atoms with E-state index in [2.05, 4.69) is 459 Å². The van der Waals surface area contributed by atoms with Crippen LogP contribution in [-0.4, -0.2) is 13.4 Å². The highest BCUT2D eigenvalue weighted by Gasteiger charge is 2.53. The molecule has 0 amide bonds. The van der Waals surface area contributed by atoms with Crippen LogP contribution in [0.5, 0.6) is 23.0 Å². The van der Waals surface area contributed by atoms with Gasteiger partial charge in [-0.15, -0.1) is 0 Å². The van der Waals surface area contributed by atoms with E-state index >= 15 is 0 Å². The maximum absolute atomic E-state index is 8.47. The van der Waals surface area contributed by atoms with Gasteiger partial charge >= 0.3 is 0 Å². The van der Waals surface area contributed by atoms with Gasteiger partial charge in [0.25, 0.3) is 13.4 Å². The van der Waals surface area contributed by atoms with Crippen LogP contribution < -0.4 is 52.1 Å². The number of benzene rings is 19. The van der Waals surface area contributed by atoms with Crippen LogP contribution in [0.25, 0.3) is 111 Å².